The van der Waals surface area contributed by atoms with E-state index >= 15 is 0 Å². The summed E-state index contributed by atoms with van der Waals surface area (Å²) in [4.78, 5) is 24.0. The smallest absolute Gasteiger partial charge is 0.317 e. The second-order valence-electron chi connectivity index (χ2n) is 5.52. The third-order valence-electron chi connectivity index (χ3n) is 2.43. The van der Waals surface area contributed by atoms with Crippen LogP contribution in [0.25, 0.3) is 0 Å². The summed E-state index contributed by atoms with van der Waals surface area (Å²) in [5, 5.41) is 11.6. The van der Waals surface area contributed by atoms with Crippen molar-refractivity contribution in [3.05, 3.63) is 0 Å². The van der Waals surface area contributed by atoms with Crippen LogP contribution in [0.15, 0.2) is 0 Å². The first-order valence-electron chi connectivity index (χ1n) is 5.89. The molecule has 2 N–H and O–H groups in total. The lowest BCUT2D eigenvalue weighted by Crippen LogP contribution is -2.45. The molecule has 0 bridgehead atoms. The third kappa shape index (κ3) is 7.60. The Hall–Kier alpha value is -1.26. The first-order chi connectivity index (χ1) is 7.65. The van der Waals surface area contributed by atoms with E-state index in [-0.39, 0.29) is 23.9 Å². The number of carboxylic acids is 1. The van der Waals surface area contributed by atoms with Crippen molar-refractivity contribution in [3.63, 3.8) is 0 Å². The van der Waals surface area contributed by atoms with Crippen LogP contribution >= 0.6 is 0 Å². The standard InChI is InChI=1S/C12H24N2O3/c1-6-14(5)11(17)13-9(7-10(15)16)8-12(2,3)4/h9H,6-8H2,1-5H3,(H,13,17)(H,15,16). The lowest BCUT2D eigenvalue weighted by molar-refractivity contribution is -0.137. The molecule has 0 heterocycles. The van der Waals surface area contributed by atoms with Gasteiger partial charge in [0.05, 0.1) is 6.42 Å². The molecule has 0 aromatic carbocycles. The predicted octanol–water partition coefficient (Wildman–Crippen LogP) is 1.93. The number of hydrogen-bond acceptors (Lipinski definition) is 2. The Morgan fingerprint density at radius 1 is 1.35 bits per heavy atom. The average molecular weight is 244 g/mol. The first-order valence-corrected chi connectivity index (χ1v) is 5.89. The molecule has 17 heavy (non-hydrogen) atoms. The van der Waals surface area contributed by atoms with E-state index in [0.717, 1.165) is 0 Å². The summed E-state index contributed by atoms with van der Waals surface area (Å²) in [6.45, 7) is 8.54. The van der Waals surface area contributed by atoms with Crippen LogP contribution in [0.2, 0.25) is 0 Å². The Morgan fingerprint density at radius 3 is 2.24 bits per heavy atom. The Bertz CT molecular complexity index is 271. The number of carboxylic acid groups (broad SMARTS) is 1. The van der Waals surface area contributed by atoms with E-state index in [0.29, 0.717) is 13.0 Å². The van der Waals surface area contributed by atoms with Crippen LogP contribution in [0, 0.1) is 5.41 Å². The van der Waals surface area contributed by atoms with Crippen molar-refractivity contribution >= 4 is 12.0 Å². The van der Waals surface area contributed by atoms with Crippen LogP contribution < -0.4 is 5.32 Å². The van der Waals surface area contributed by atoms with Crippen molar-refractivity contribution in [2.24, 2.45) is 5.41 Å². The summed E-state index contributed by atoms with van der Waals surface area (Å²) in [6.07, 6.45) is 0.600. The van der Waals surface area contributed by atoms with Crippen molar-refractivity contribution in [2.45, 2.75) is 46.6 Å². The maximum atomic E-state index is 11.7. The fourth-order valence-corrected chi connectivity index (χ4v) is 1.55. The number of nitrogens with zero attached hydrogens (tertiary/aromatic N) is 1. The normalized spacial score (nSPS) is 13.0. The Kier molecular flexibility index (Phi) is 5.99. The molecule has 0 radical (unpaired) electrons. The SMILES string of the molecule is CCN(C)C(=O)NC(CC(=O)O)CC(C)(C)C. The van der Waals surface area contributed by atoms with Crippen LogP contribution in [0.3, 0.4) is 0 Å². The van der Waals surface area contributed by atoms with Gasteiger partial charge in [0.25, 0.3) is 0 Å². The van der Waals surface area contributed by atoms with E-state index < -0.39 is 5.97 Å². The number of rotatable bonds is 5. The Balaban J connectivity index is 4.48. The maximum absolute atomic E-state index is 11.7. The summed E-state index contributed by atoms with van der Waals surface area (Å²) in [6, 6.07) is -0.544. The molecule has 0 aromatic rings. The van der Waals surface area contributed by atoms with Crippen LogP contribution in [0.1, 0.15) is 40.5 Å². The molecular weight excluding hydrogens is 220 g/mol. The highest BCUT2D eigenvalue weighted by Gasteiger charge is 2.23. The zero-order chi connectivity index (χ0) is 13.6. The van der Waals surface area contributed by atoms with Crippen molar-refractivity contribution in [1.29, 1.82) is 0 Å². The monoisotopic (exact) mass is 244 g/mol. The Morgan fingerprint density at radius 2 is 1.88 bits per heavy atom. The number of hydrogen-bond donors (Lipinski definition) is 2. The molecule has 0 spiro atoms. The van der Waals surface area contributed by atoms with Crippen molar-refractivity contribution < 1.29 is 14.7 Å². The summed E-state index contributed by atoms with van der Waals surface area (Å²) in [7, 11) is 1.68. The summed E-state index contributed by atoms with van der Waals surface area (Å²) >= 11 is 0. The molecule has 0 rings (SSSR count). The molecule has 2 amide bonds. The van der Waals surface area contributed by atoms with Gasteiger partial charge in [-0.1, -0.05) is 20.8 Å². The predicted molar refractivity (Wildman–Crippen MR) is 66.9 cm³/mol. The largest absolute Gasteiger partial charge is 0.481 e. The van der Waals surface area contributed by atoms with Gasteiger partial charge in [0.15, 0.2) is 0 Å². The average Bonchev–Trinajstić information content (AvgIpc) is 2.12. The minimum absolute atomic E-state index is 0.0157. The maximum Gasteiger partial charge on any atom is 0.317 e. The van der Waals surface area contributed by atoms with Crippen LogP contribution in [-0.4, -0.2) is 41.6 Å². The molecule has 0 saturated heterocycles. The van der Waals surface area contributed by atoms with Gasteiger partial charge in [-0.2, -0.15) is 0 Å². The highest BCUT2D eigenvalue weighted by Crippen LogP contribution is 2.22. The highest BCUT2D eigenvalue weighted by atomic mass is 16.4. The zero-order valence-electron chi connectivity index (χ0n) is 11.4. The first kappa shape index (κ1) is 15.7. The number of carbonyl (C=O) groups is 2. The van der Waals surface area contributed by atoms with Crippen LogP contribution in [0.5, 0.6) is 0 Å². The Labute approximate surface area is 103 Å². The lowest BCUT2D eigenvalue weighted by atomic mass is 9.87. The van der Waals surface area contributed by atoms with E-state index in [4.69, 9.17) is 5.11 Å². The molecular formula is C12H24N2O3. The number of nitrogens with one attached hydrogen (secondary N) is 1. The fraction of sp³-hybridized carbons (Fsp3) is 0.833. The van der Waals surface area contributed by atoms with E-state index in [2.05, 4.69) is 5.32 Å². The molecule has 0 saturated carbocycles. The van der Waals surface area contributed by atoms with Crippen LogP contribution in [0.4, 0.5) is 4.79 Å². The van der Waals surface area contributed by atoms with Gasteiger partial charge in [-0.3, -0.25) is 4.79 Å². The molecule has 0 aliphatic carbocycles. The van der Waals surface area contributed by atoms with E-state index in [9.17, 15) is 9.59 Å². The molecule has 5 heteroatoms. The molecule has 0 fully saturated rings. The molecule has 0 aliphatic heterocycles. The number of urea groups is 1. The van der Waals surface area contributed by atoms with Gasteiger partial charge >= 0.3 is 12.0 Å². The minimum Gasteiger partial charge on any atom is -0.481 e. The molecule has 0 aliphatic rings. The van der Waals surface area contributed by atoms with Gasteiger partial charge in [0, 0.05) is 19.6 Å². The molecule has 1 atom stereocenters. The van der Waals surface area contributed by atoms with Gasteiger partial charge in [-0.05, 0) is 18.8 Å². The second kappa shape index (κ2) is 6.47. The van der Waals surface area contributed by atoms with Crippen molar-refractivity contribution in [3.8, 4) is 0 Å². The summed E-state index contributed by atoms with van der Waals surface area (Å²) in [5.74, 6) is -0.890. The fourth-order valence-electron chi connectivity index (χ4n) is 1.55. The van der Waals surface area contributed by atoms with Gasteiger partial charge in [0.1, 0.15) is 0 Å². The molecule has 1 unspecified atom stereocenters. The summed E-state index contributed by atoms with van der Waals surface area (Å²) in [5.41, 5.74) is -0.0157. The van der Waals surface area contributed by atoms with Gasteiger partial charge in [-0.25, -0.2) is 4.79 Å². The van der Waals surface area contributed by atoms with E-state index in [1.807, 2.05) is 27.7 Å². The van der Waals surface area contributed by atoms with Gasteiger partial charge in [0.2, 0.25) is 0 Å². The van der Waals surface area contributed by atoms with E-state index in [1.54, 1.807) is 7.05 Å². The topological polar surface area (TPSA) is 69.6 Å². The van der Waals surface area contributed by atoms with Crippen molar-refractivity contribution in [1.82, 2.24) is 10.2 Å². The van der Waals surface area contributed by atoms with Crippen LogP contribution in [-0.2, 0) is 4.79 Å². The highest BCUT2D eigenvalue weighted by molar-refractivity contribution is 5.75. The zero-order valence-corrected chi connectivity index (χ0v) is 11.4. The quantitative estimate of drug-likeness (QED) is 0.776. The molecule has 100 valence electrons. The lowest BCUT2D eigenvalue weighted by Gasteiger charge is -2.27. The molecule has 5 nitrogen and oxygen atoms in total. The van der Waals surface area contributed by atoms with Gasteiger partial charge < -0.3 is 15.3 Å². The number of amides is 2. The van der Waals surface area contributed by atoms with E-state index in [1.165, 1.54) is 4.90 Å². The third-order valence-corrected chi connectivity index (χ3v) is 2.43. The van der Waals surface area contributed by atoms with Crippen molar-refractivity contribution in [2.75, 3.05) is 13.6 Å². The second-order valence-corrected chi connectivity index (χ2v) is 5.52. The number of aliphatic carboxylic acids is 1. The number of carbonyl (C=O) groups excluding carboxylic acids is 1. The van der Waals surface area contributed by atoms with Gasteiger partial charge in [-0.15, -0.1) is 0 Å². The summed E-state index contributed by atoms with van der Waals surface area (Å²) < 4.78 is 0. The molecule has 0 aromatic heterocycles. The minimum atomic E-state index is -0.890.